The molecule has 1 aliphatic heterocycles. The topological polar surface area (TPSA) is 48.6 Å². The Balaban J connectivity index is 1.90. The van der Waals surface area contributed by atoms with E-state index in [1.54, 1.807) is 0 Å². The van der Waals surface area contributed by atoms with E-state index in [4.69, 9.17) is 4.74 Å². The number of fused-ring (bicyclic) bond motifs is 1. The zero-order valence-electron chi connectivity index (χ0n) is 12.5. The maximum absolute atomic E-state index is 11.9. The van der Waals surface area contributed by atoms with Gasteiger partial charge in [0.15, 0.2) is 0 Å². The molecule has 1 aliphatic rings. The van der Waals surface area contributed by atoms with Gasteiger partial charge in [0.25, 0.3) is 0 Å². The molecule has 21 heavy (non-hydrogen) atoms. The third-order valence-corrected chi connectivity index (χ3v) is 3.98. The first-order valence-corrected chi connectivity index (χ1v) is 7.30. The molecule has 1 aromatic heterocycles. The zero-order chi connectivity index (χ0) is 14.8. The largest absolute Gasteiger partial charge is 0.448 e. The van der Waals surface area contributed by atoms with Crippen molar-refractivity contribution in [3.05, 3.63) is 36.0 Å². The Morgan fingerprint density at radius 3 is 2.95 bits per heavy atom. The van der Waals surface area contributed by atoms with E-state index in [9.17, 15) is 4.79 Å². The van der Waals surface area contributed by atoms with Crippen LogP contribution in [0.2, 0.25) is 0 Å². The first-order valence-electron chi connectivity index (χ1n) is 7.30. The van der Waals surface area contributed by atoms with E-state index in [1.165, 1.54) is 10.9 Å². The standard InChI is InChI=1S/C16H21N3O2/c1-18(2)8-6-15(19-9-10-21-16(19)20)13-3-4-14-12(11-13)5-7-17-14/h3-5,7,11,15,17H,6,8-10H2,1-2H3. The van der Waals surface area contributed by atoms with Gasteiger partial charge in [-0.2, -0.15) is 0 Å². The van der Waals surface area contributed by atoms with Crippen LogP contribution >= 0.6 is 0 Å². The number of hydrogen-bond acceptors (Lipinski definition) is 3. The van der Waals surface area contributed by atoms with Crippen molar-refractivity contribution in [3.8, 4) is 0 Å². The number of ether oxygens (including phenoxy) is 1. The SMILES string of the molecule is CN(C)CCC(c1ccc2[nH]ccc2c1)N1CCOC1=O. The van der Waals surface area contributed by atoms with Gasteiger partial charge in [0.1, 0.15) is 6.61 Å². The van der Waals surface area contributed by atoms with E-state index in [0.717, 1.165) is 18.5 Å². The Hall–Kier alpha value is -2.01. The van der Waals surface area contributed by atoms with Crippen LogP contribution < -0.4 is 0 Å². The molecule has 0 radical (unpaired) electrons. The monoisotopic (exact) mass is 287 g/mol. The van der Waals surface area contributed by atoms with E-state index in [0.29, 0.717) is 13.2 Å². The van der Waals surface area contributed by atoms with Gasteiger partial charge in [-0.05, 0) is 56.2 Å². The molecule has 0 saturated carbocycles. The maximum Gasteiger partial charge on any atom is 0.410 e. The van der Waals surface area contributed by atoms with Crippen molar-refractivity contribution in [3.63, 3.8) is 0 Å². The van der Waals surface area contributed by atoms with Crippen LogP contribution in [0.25, 0.3) is 10.9 Å². The van der Waals surface area contributed by atoms with Crippen LogP contribution in [0.1, 0.15) is 18.0 Å². The smallest absolute Gasteiger partial charge is 0.410 e. The van der Waals surface area contributed by atoms with Gasteiger partial charge in [-0.25, -0.2) is 4.79 Å². The molecule has 1 N–H and O–H groups in total. The Kier molecular flexibility index (Phi) is 3.84. The number of rotatable bonds is 5. The van der Waals surface area contributed by atoms with Gasteiger partial charge in [0.2, 0.25) is 0 Å². The van der Waals surface area contributed by atoms with E-state index in [2.05, 4.69) is 48.2 Å². The molecule has 5 heteroatoms. The molecule has 0 aliphatic carbocycles. The highest BCUT2D eigenvalue weighted by molar-refractivity contribution is 5.80. The van der Waals surface area contributed by atoms with Gasteiger partial charge in [-0.1, -0.05) is 6.07 Å². The van der Waals surface area contributed by atoms with Gasteiger partial charge in [-0.15, -0.1) is 0 Å². The minimum Gasteiger partial charge on any atom is -0.448 e. The van der Waals surface area contributed by atoms with Gasteiger partial charge in [0, 0.05) is 11.7 Å². The number of H-pyrrole nitrogens is 1. The van der Waals surface area contributed by atoms with Gasteiger partial charge >= 0.3 is 6.09 Å². The van der Waals surface area contributed by atoms with Crippen molar-refractivity contribution in [1.29, 1.82) is 0 Å². The van der Waals surface area contributed by atoms with E-state index in [1.807, 2.05) is 11.1 Å². The number of nitrogens with one attached hydrogen (secondary N) is 1. The number of hydrogen-bond donors (Lipinski definition) is 1. The second-order valence-electron chi connectivity index (χ2n) is 5.74. The predicted octanol–water partition coefficient (Wildman–Crippen LogP) is 2.61. The van der Waals surface area contributed by atoms with Crippen molar-refractivity contribution in [2.45, 2.75) is 12.5 Å². The average molecular weight is 287 g/mol. The van der Waals surface area contributed by atoms with E-state index in [-0.39, 0.29) is 12.1 Å². The first-order chi connectivity index (χ1) is 10.1. The van der Waals surface area contributed by atoms with Crippen LogP contribution in [0, 0.1) is 0 Å². The van der Waals surface area contributed by atoms with E-state index >= 15 is 0 Å². The summed E-state index contributed by atoms with van der Waals surface area (Å²) >= 11 is 0. The van der Waals surface area contributed by atoms with Crippen LogP contribution in [-0.4, -0.2) is 54.7 Å². The van der Waals surface area contributed by atoms with Crippen molar-refractivity contribution < 1.29 is 9.53 Å². The molecule has 2 heterocycles. The van der Waals surface area contributed by atoms with Crippen LogP contribution in [0.3, 0.4) is 0 Å². The van der Waals surface area contributed by atoms with Crippen LogP contribution in [0.15, 0.2) is 30.5 Å². The van der Waals surface area contributed by atoms with E-state index < -0.39 is 0 Å². The normalized spacial score (nSPS) is 16.7. The van der Waals surface area contributed by atoms with Crippen molar-refractivity contribution >= 4 is 17.0 Å². The lowest BCUT2D eigenvalue weighted by molar-refractivity contribution is 0.144. The highest BCUT2D eigenvalue weighted by Crippen LogP contribution is 2.29. The summed E-state index contributed by atoms with van der Waals surface area (Å²) in [7, 11) is 4.10. The van der Waals surface area contributed by atoms with Crippen molar-refractivity contribution in [2.24, 2.45) is 0 Å². The highest BCUT2D eigenvalue weighted by atomic mass is 16.6. The molecular formula is C16H21N3O2. The molecule has 3 rings (SSSR count). The first kappa shape index (κ1) is 13.9. The van der Waals surface area contributed by atoms with Crippen LogP contribution in [-0.2, 0) is 4.74 Å². The molecule has 0 bridgehead atoms. The van der Waals surface area contributed by atoms with Crippen LogP contribution in [0.4, 0.5) is 4.79 Å². The van der Waals surface area contributed by atoms with Gasteiger partial charge in [-0.3, -0.25) is 4.90 Å². The summed E-state index contributed by atoms with van der Waals surface area (Å²) in [4.78, 5) is 19.1. The lowest BCUT2D eigenvalue weighted by atomic mass is 10.0. The number of aromatic amines is 1. The third-order valence-electron chi connectivity index (χ3n) is 3.98. The molecule has 1 atom stereocenters. The van der Waals surface area contributed by atoms with Gasteiger partial charge < -0.3 is 14.6 Å². The zero-order valence-corrected chi connectivity index (χ0v) is 12.5. The van der Waals surface area contributed by atoms with Crippen molar-refractivity contribution in [1.82, 2.24) is 14.8 Å². The Morgan fingerprint density at radius 1 is 1.38 bits per heavy atom. The lowest BCUT2D eigenvalue weighted by Gasteiger charge is -2.27. The maximum atomic E-state index is 11.9. The summed E-state index contributed by atoms with van der Waals surface area (Å²) in [6.07, 6.45) is 2.64. The Labute approximate surface area is 124 Å². The molecule has 1 amide bonds. The highest BCUT2D eigenvalue weighted by Gasteiger charge is 2.30. The van der Waals surface area contributed by atoms with Gasteiger partial charge in [0.05, 0.1) is 12.6 Å². The molecule has 1 aromatic carbocycles. The summed E-state index contributed by atoms with van der Waals surface area (Å²) in [6, 6.07) is 8.48. The summed E-state index contributed by atoms with van der Waals surface area (Å²) in [5, 5.41) is 1.18. The summed E-state index contributed by atoms with van der Waals surface area (Å²) < 4.78 is 5.11. The minimum absolute atomic E-state index is 0.0710. The fraction of sp³-hybridized carbons (Fsp3) is 0.438. The number of benzene rings is 1. The molecular weight excluding hydrogens is 266 g/mol. The third kappa shape index (κ3) is 2.88. The second kappa shape index (κ2) is 5.77. The molecule has 5 nitrogen and oxygen atoms in total. The minimum atomic E-state index is -0.201. The number of cyclic esters (lactones) is 1. The molecule has 1 unspecified atom stereocenters. The number of carbonyl (C=O) groups is 1. The average Bonchev–Trinajstić information content (AvgIpc) is 3.07. The molecule has 1 fully saturated rings. The molecule has 0 spiro atoms. The number of nitrogens with zero attached hydrogens (tertiary/aromatic N) is 2. The quantitative estimate of drug-likeness (QED) is 0.919. The molecule has 112 valence electrons. The second-order valence-corrected chi connectivity index (χ2v) is 5.74. The number of aromatic nitrogens is 1. The Morgan fingerprint density at radius 2 is 2.24 bits per heavy atom. The predicted molar refractivity (Wildman–Crippen MR) is 82.3 cm³/mol. The van der Waals surface area contributed by atoms with Crippen LogP contribution in [0.5, 0.6) is 0 Å². The van der Waals surface area contributed by atoms with Crippen molar-refractivity contribution in [2.75, 3.05) is 33.8 Å². The fourth-order valence-electron chi connectivity index (χ4n) is 2.85. The Bertz CT molecular complexity index is 635. The summed E-state index contributed by atoms with van der Waals surface area (Å²) in [5.41, 5.74) is 2.29. The fourth-order valence-corrected chi connectivity index (χ4v) is 2.85. The molecule has 2 aromatic rings. The molecule has 1 saturated heterocycles. The number of amides is 1. The lowest BCUT2D eigenvalue weighted by Crippen LogP contribution is -2.31. The number of carbonyl (C=O) groups excluding carboxylic acids is 1. The summed E-state index contributed by atoms with van der Waals surface area (Å²) in [5.74, 6) is 0. The summed E-state index contributed by atoms with van der Waals surface area (Å²) in [6.45, 7) is 2.09.